The highest BCUT2D eigenvalue weighted by molar-refractivity contribution is 5.05. The van der Waals surface area contributed by atoms with E-state index in [-0.39, 0.29) is 24.5 Å². The van der Waals surface area contributed by atoms with Gasteiger partial charge in [0.2, 0.25) is 0 Å². The number of rotatable bonds is 7. The average Bonchev–Trinajstić information content (AvgIpc) is 3.13. The average molecular weight is 376 g/mol. The first kappa shape index (κ1) is 19.3. The van der Waals surface area contributed by atoms with Crippen LogP contribution in [0.15, 0.2) is 24.4 Å². The molecule has 3 aliphatic rings. The molecule has 2 bridgehead atoms. The summed E-state index contributed by atoms with van der Waals surface area (Å²) in [4.78, 5) is 6.56. The van der Waals surface area contributed by atoms with E-state index in [0.717, 1.165) is 31.1 Å². The first-order valence-corrected chi connectivity index (χ1v) is 10.5. The van der Waals surface area contributed by atoms with Crippen LogP contribution in [0.4, 0.5) is 0 Å². The van der Waals surface area contributed by atoms with Crippen LogP contribution in [-0.2, 0) is 15.9 Å². The van der Waals surface area contributed by atoms with Gasteiger partial charge in [0, 0.05) is 24.9 Å². The van der Waals surface area contributed by atoms with Crippen molar-refractivity contribution in [3.8, 4) is 0 Å². The summed E-state index contributed by atoms with van der Waals surface area (Å²) in [6.07, 6.45) is 8.43. The van der Waals surface area contributed by atoms with E-state index in [4.69, 9.17) is 9.47 Å². The number of hydrogen-bond acceptors (Lipinski definition) is 6. The second-order valence-corrected chi connectivity index (χ2v) is 8.35. The van der Waals surface area contributed by atoms with Crippen LogP contribution in [-0.4, -0.2) is 72.3 Å². The number of aromatic nitrogens is 1. The maximum Gasteiger partial charge on any atom is 0.176 e. The van der Waals surface area contributed by atoms with Crippen molar-refractivity contribution in [2.75, 3.05) is 26.7 Å². The van der Waals surface area contributed by atoms with Crippen molar-refractivity contribution >= 4 is 0 Å². The molecule has 0 radical (unpaired) electrons. The molecular weight excluding hydrogens is 342 g/mol. The number of likely N-dealkylation sites (N-methyl/N-ethyl adjacent to an activating group) is 1. The third-order valence-corrected chi connectivity index (χ3v) is 6.45. The predicted octanol–water partition coefficient (Wildman–Crippen LogP) is 1.58. The van der Waals surface area contributed by atoms with Crippen LogP contribution in [0.3, 0.4) is 0 Å². The van der Waals surface area contributed by atoms with Crippen LogP contribution in [0.25, 0.3) is 0 Å². The van der Waals surface area contributed by atoms with Crippen LogP contribution >= 0.6 is 0 Å². The minimum Gasteiger partial charge on any atom is -0.390 e. The Morgan fingerprint density at radius 1 is 1.26 bits per heavy atom. The van der Waals surface area contributed by atoms with Crippen molar-refractivity contribution in [2.45, 2.75) is 69.1 Å². The lowest BCUT2D eigenvalue weighted by molar-refractivity contribution is -0.178. The van der Waals surface area contributed by atoms with E-state index in [1.54, 1.807) is 0 Å². The number of nitrogens with one attached hydrogen (secondary N) is 1. The SMILES string of the molecule is CN(CCc1ccccn1)[C@@H]1[C@@H]2OC[C@H](O2)[C@@H](NCC2CCCCC2)[C@@H]1O. The second kappa shape index (κ2) is 8.97. The topological polar surface area (TPSA) is 66.9 Å². The number of fused-ring (bicyclic) bond motifs is 2. The van der Waals surface area contributed by atoms with Gasteiger partial charge in [-0.25, -0.2) is 0 Å². The Morgan fingerprint density at radius 3 is 2.89 bits per heavy atom. The van der Waals surface area contributed by atoms with Crippen molar-refractivity contribution < 1.29 is 14.6 Å². The van der Waals surface area contributed by atoms with Crippen LogP contribution in [0, 0.1) is 5.92 Å². The normalized spacial score (nSPS) is 34.3. The quantitative estimate of drug-likeness (QED) is 0.754. The maximum atomic E-state index is 11.1. The smallest absolute Gasteiger partial charge is 0.176 e. The summed E-state index contributed by atoms with van der Waals surface area (Å²) in [6.45, 7) is 2.34. The molecule has 2 N–H and O–H groups in total. The molecule has 1 saturated carbocycles. The van der Waals surface area contributed by atoms with Gasteiger partial charge in [-0.2, -0.15) is 0 Å². The molecule has 0 amide bonds. The number of hydrogen-bond donors (Lipinski definition) is 2. The molecule has 0 aromatic carbocycles. The van der Waals surface area contributed by atoms with E-state index in [0.29, 0.717) is 6.61 Å². The number of ether oxygens (including phenoxy) is 2. The van der Waals surface area contributed by atoms with E-state index >= 15 is 0 Å². The van der Waals surface area contributed by atoms with Crippen LogP contribution in [0.1, 0.15) is 37.8 Å². The molecule has 3 heterocycles. The molecular formula is C21H33N3O3. The van der Waals surface area contributed by atoms with Gasteiger partial charge >= 0.3 is 0 Å². The van der Waals surface area contributed by atoms with E-state index in [2.05, 4.69) is 15.2 Å². The highest BCUT2D eigenvalue weighted by atomic mass is 16.7. The Kier molecular flexibility index (Phi) is 6.40. The zero-order valence-corrected chi connectivity index (χ0v) is 16.3. The number of aliphatic hydroxyl groups is 1. The first-order chi connectivity index (χ1) is 13.2. The van der Waals surface area contributed by atoms with Crippen LogP contribution in [0.5, 0.6) is 0 Å². The minimum absolute atomic E-state index is 0.0472. The Hall–Kier alpha value is -1.05. The lowest BCUT2D eigenvalue weighted by Crippen LogP contribution is -2.64. The summed E-state index contributed by atoms with van der Waals surface area (Å²) in [6, 6.07) is 5.76. The largest absolute Gasteiger partial charge is 0.390 e. The Bertz CT molecular complexity index is 581. The van der Waals surface area contributed by atoms with Gasteiger partial charge in [0.15, 0.2) is 6.29 Å². The zero-order chi connectivity index (χ0) is 18.6. The Balaban J connectivity index is 1.35. The molecule has 6 nitrogen and oxygen atoms in total. The van der Waals surface area contributed by atoms with Crippen molar-refractivity contribution in [2.24, 2.45) is 5.92 Å². The van der Waals surface area contributed by atoms with Crippen molar-refractivity contribution in [3.63, 3.8) is 0 Å². The molecule has 2 aliphatic heterocycles. The molecule has 6 heteroatoms. The zero-order valence-electron chi connectivity index (χ0n) is 16.3. The third-order valence-electron chi connectivity index (χ3n) is 6.45. The lowest BCUT2D eigenvalue weighted by atomic mass is 9.88. The molecule has 1 aromatic rings. The molecule has 27 heavy (non-hydrogen) atoms. The molecule has 5 atom stereocenters. The van der Waals surface area contributed by atoms with Crippen molar-refractivity contribution in [1.29, 1.82) is 0 Å². The van der Waals surface area contributed by atoms with Gasteiger partial charge in [-0.3, -0.25) is 9.88 Å². The molecule has 0 spiro atoms. The summed E-state index contributed by atoms with van der Waals surface area (Å²) < 4.78 is 12.0. The standard InChI is InChI=1S/C21H33N3O3/c1-24(12-10-16-9-5-6-11-22-16)19-20(25)18(17-14-26-21(19)27-17)23-13-15-7-3-2-4-8-15/h5-6,9,11,15,17-21,23,25H,2-4,7-8,10,12-14H2,1H3/t17-,18+,19-,20-,21+/m0/s1. The highest BCUT2D eigenvalue weighted by Crippen LogP contribution is 2.31. The van der Waals surface area contributed by atoms with Gasteiger partial charge in [0.25, 0.3) is 0 Å². The molecule has 1 aromatic heterocycles. The molecule has 4 rings (SSSR count). The molecule has 3 fully saturated rings. The monoisotopic (exact) mass is 375 g/mol. The highest BCUT2D eigenvalue weighted by Gasteiger charge is 2.51. The Labute approximate surface area is 162 Å². The van der Waals surface area contributed by atoms with Gasteiger partial charge in [0.05, 0.1) is 24.8 Å². The van der Waals surface area contributed by atoms with Gasteiger partial charge in [-0.05, 0) is 44.5 Å². The van der Waals surface area contributed by atoms with Gasteiger partial charge < -0.3 is 19.9 Å². The number of pyridine rings is 1. The predicted molar refractivity (Wildman–Crippen MR) is 103 cm³/mol. The number of nitrogens with zero attached hydrogens (tertiary/aromatic N) is 2. The Morgan fingerprint density at radius 2 is 2.11 bits per heavy atom. The fraction of sp³-hybridized carbons (Fsp3) is 0.762. The fourth-order valence-electron chi connectivity index (χ4n) is 4.80. The van der Waals surface area contributed by atoms with Crippen LogP contribution in [0.2, 0.25) is 0 Å². The van der Waals surface area contributed by atoms with E-state index in [1.165, 1.54) is 32.1 Å². The van der Waals surface area contributed by atoms with Gasteiger partial charge in [-0.15, -0.1) is 0 Å². The molecule has 2 saturated heterocycles. The summed E-state index contributed by atoms with van der Waals surface area (Å²) in [5.74, 6) is 0.728. The van der Waals surface area contributed by atoms with E-state index in [9.17, 15) is 5.11 Å². The molecule has 1 aliphatic carbocycles. The lowest BCUT2D eigenvalue weighted by Gasteiger charge is -2.43. The van der Waals surface area contributed by atoms with E-state index in [1.807, 2.05) is 31.4 Å². The fourth-order valence-corrected chi connectivity index (χ4v) is 4.80. The summed E-state index contributed by atoms with van der Waals surface area (Å²) >= 11 is 0. The maximum absolute atomic E-state index is 11.1. The van der Waals surface area contributed by atoms with Crippen LogP contribution < -0.4 is 5.32 Å². The summed E-state index contributed by atoms with van der Waals surface area (Å²) in [7, 11) is 2.04. The molecule has 0 unspecified atom stereocenters. The summed E-state index contributed by atoms with van der Waals surface area (Å²) in [5.41, 5.74) is 1.06. The summed E-state index contributed by atoms with van der Waals surface area (Å²) in [5, 5.41) is 14.8. The van der Waals surface area contributed by atoms with Gasteiger partial charge in [-0.1, -0.05) is 25.3 Å². The third kappa shape index (κ3) is 4.51. The van der Waals surface area contributed by atoms with Crippen molar-refractivity contribution in [1.82, 2.24) is 15.2 Å². The molecule has 150 valence electrons. The minimum atomic E-state index is -0.492. The first-order valence-electron chi connectivity index (χ1n) is 10.5. The second-order valence-electron chi connectivity index (χ2n) is 8.35. The van der Waals surface area contributed by atoms with Crippen molar-refractivity contribution in [3.05, 3.63) is 30.1 Å². The number of aliphatic hydroxyl groups excluding tert-OH is 1. The van der Waals surface area contributed by atoms with Gasteiger partial charge in [0.1, 0.15) is 6.10 Å². The van der Waals surface area contributed by atoms with E-state index < -0.39 is 6.10 Å².